The predicted molar refractivity (Wildman–Crippen MR) is 134 cm³/mol. The van der Waals surface area contributed by atoms with Gasteiger partial charge in [0.2, 0.25) is 0 Å². The molecular formula is C25H24FN5O2S. The lowest BCUT2D eigenvalue weighted by atomic mass is 10.1. The number of rotatable bonds is 5. The second kappa shape index (κ2) is 9.26. The number of ether oxygens (including phenoxy) is 1. The monoisotopic (exact) mass is 477 g/mol. The number of hydrogen-bond donors (Lipinski definition) is 1. The Kier molecular flexibility index (Phi) is 6.02. The summed E-state index contributed by atoms with van der Waals surface area (Å²) >= 11 is 1.30. The molecule has 7 nitrogen and oxygen atoms in total. The van der Waals surface area contributed by atoms with Crippen LogP contribution in [-0.4, -0.2) is 49.2 Å². The Morgan fingerprint density at radius 1 is 1.03 bits per heavy atom. The van der Waals surface area contributed by atoms with Crippen molar-refractivity contribution in [3.63, 3.8) is 0 Å². The summed E-state index contributed by atoms with van der Waals surface area (Å²) in [6, 6.07) is 14.2. The zero-order valence-corrected chi connectivity index (χ0v) is 19.7. The van der Waals surface area contributed by atoms with Crippen LogP contribution in [0.5, 0.6) is 5.75 Å². The van der Waals surface area contributed by atoms with E-state index in [1.807, 2.05) is 19.1 Å². The van der Waals surface area contributed by atoms with Crippen molar-refractivity contribution < 1.29 is 13.9 Å². The quantitative estimate of drug-likeness (QED) is 0.448. The Hall–Kier alpha value is -3.72. The summed E-state index contributed by atoms with van der Waals surface area (Å²) in [6.07, 6.45) is 1.54. The molecule has 1 aliphatic rings. The van der Waals surface area contributed by atoms with E-state index in [1.54, 1.807) is 31.6 Å². The Labute approximate surface area is 200 Å². The van der Waals surface area contributed by atoms with Crippen LogP contribution < -0.4 is 19.9 Å². The van der Waals surface area contributed by atoms with Gasteiger partial charge in [-0.25, -0.2) is 14.4 Å². The summed E-state index contributed by atoms with van der Waals surface area (Å²) in [7, 11) is 1.66. The van der Waals surface area contributed by atoms with E-state index in [0.29, 0.717) is 4.88 Å². The Balaban J connectivity index is 1.37. The van der Waals surface area contributed by atoms with Crippen molar-refractivity contribution in [2.45, 2.75) is 6.92 Å². The number of nitrogens with one attached hydrogen (secondary N) is 1. The number of aryl methyl sites for hydroxylation is 1. The predicted octanol–water partition coefficient (Wildman–Crippen LogP) is 4.73. The molecule has 5 rings (SSSR count). The molecule has 34 heavy (non-hydrogen) atoms. The number of nitrogens with zero attached hydrogens (tertiary/aromatic N) is 4. The van der Waals surface area contributed by atoms with Crippen molar-refractivity contribution in [2.75, 3.05) is 48.4 Å². The molecule has 1 fully saturated rings. The molecule has 9 heteroatoms. The molecule has 4 aromatic rings. The summed E-state index contributed by atoms with van der Waals surface area (Å²) in [6.45, 7) is 5.19. The number of benzene rings is 2. The highest BCUT2D eigenvalue weighted by molar-refractivity contribution is 7.20. The Morgan fingerprint density at radius 2 is 1.74 bits per heavy atom. The number of thiophene rings is 1. The minimum atomic E-state index is -0.468. The number of anilines is 3. The SMILES string of the molecule is COc1ccc(N2CCN(c3ncnc4sc(C(=O)Nc5ccccc5F)c(C)c34)CC2)cc1. The van der Waals surface area contributed by atoms with Gasteiger partial charge in [-0.05, 0) is 48.9 Å². The van der Waals surface area contributed by atoms with E-state index < -0.39 is 5.82 Å². The van der Waals surface area contributed by atoms with Gasteiger partial charge < -0.3 is 19.9 Å². The molecule has 0 unspecified atom stereocenters. The van der Waals surface area contributed by atoms with E-state index in [2.05, 4.69) is 37.2 Å². The number of carbonyl (C=O) groups excluding carboxylic acids is 1. The van der Waals surface area contributed by atoms with Crippen LogP contribution in [0.15, 0.2) is 54.9 Å². The normalized spacial score (nSPS) is 13.9. The topological polar surface area (TPSA) is 70.6 Å². The first-order valence-electron chi connectivity index (χ1n) is 11.0. The summed E-state index contributed by atoms with van der Waals surface area (Å²) < 4.78 is 19.3. The van der Waals surface area contributed by atoms with Gasteiger partial charge in [-0.15, -0.1) is 11.3 Å². The molecule has 1 amide bonds. The van der Waals surface area contributed by atoms with Crippen molar-refractivity contribution in [2.24, 2.45) is 0 Å². The number of para-hydroxylation sites is 1. The molecular weight excluding hydrogens is 453 g/mol. The molecule has 0 spiro atoms. The zero-order chi connectivity index (χ0) is 23.7. The number of amides is 1. The van der Waals surface area contributed by atoms with Gasteiger partial charge in [0, 0.05) is 31.9 Å². The van der Waals surface area contributed by atoms with Gasteiger partial charge in [0.05, 0.1) is 23.1 Å². The number of piperazine rings is 1. The van der Waals surface area contributed by atoms with E-state index in [4.69, 9.17) is 4.74 Å². The molecule has 3 heterocycles. The highest BCUT2D eigenvalue weighted by Gasteiger charge is 2.25. The maximum atomic E-state index is 14.0. The third-order valence-corrected chi connectivity index (χ3v) is 7.25. The van der Waals surface area contributed by atoms with Crippen molar-refractivity contribution in [1.82, 2.24) is 9.97 Å². The van der Waals surface area contributed by atoms with Gasteiger partial charge in [0.25, 0.3) is 5.91 Å². The van der Waals surface area contributed by atoms with Crippen molar-refractivity contribution >= 4 is 44.7 Å². The number of halogens is 1. The van der Waals surface area contributed by atoms with Crippen LogP contribution in [-0.2, 0) is 0 Å². The van der Waals surface area contributed by atoms with Crippen LogP contribution in [0.3, 0.4) is 0 Å². The lowest BCUT2D eigenvalue weighted by Gasteiger charge is -2.37. The average Bonchev–Trinajstić information content (AvgIpc) is 3.22. The van der Waals surface area contributed by atoms with E-state index in [9.17, 15) is 9.18 Å². The van der Waals surface area contributed by atoms with Gasteiger partial charge in [-0.1, -0.05) is 12.1 Å². The maximum absolute atomic E-state index is 14.0. The van der Waals surface area contributed by atoms with Crippen LogP contribution in [0.4, 0.5) is 21.6 Å². The molecule has 0 aliphatic carbocycles. The van der Waals surface area contributed by atoms with Gasteiger partial charge in [-0.2, -0.15) is 0 Å². The lowest BCUT2D eigenvalue weighted by molar-refractivity contribution is 0.102. The van der Waals surface area contributed by atoms with E-state index in [1.165, 1.54) is 17.4 Å². The van der Waals surface area contributed by atoms with Crippen LogP contribution in [0.1, 0.15) is 15.2 Å². The first-order chi connectivity index (χ1) is 16.5. The fourth-order valence-corrected chi connectivity index (χ4v) is 5.26. The van der Waals surface area contributed by atoms with Gasteiger partial charge in [0.15, 0.2) is 0 Å². The van der Waals surface area contributed by atoms with Crippen LogP contribution in [0.2, 0.25) is 0 Å². The Bertz CT molecular complexity index is 1330. The minimum Gasteiger partial charge on any atom is -0.497 e. The highest BCUT2D eigenvalue weighted by atomic mass is 32.1. The van der Waals surface area contributed by atoms with Crippen molar-refractivity contribution in [3.05, 3.63) is 71.1 Å². The number of aromatic nitrogens is 2. The molecule has 1 saturated heterocycles. The molecule has 1 N–H and O–H groups in total. The van der Waals surface area contributed by atoms with Gasteiger partial charge >= 0.3 is 0 Å². The van der Waals surface area contributed by atoms with E-state index in [-0.39, 0.29) is 11.6 Å². The first-order valence-corrected chi connectivity index (χ1v) is 11.8. The third-order valence-electron chi connectivity index (χ3n) is 6.05. The number of hydrogen-bond acceptors (Lipinski definition) is 7. The van der Waals surface area contributed by atoms with Crippen LogP contribution in [0, 0.1) is 12.7 Å². The smallest absolute Gasteiger partial charge is 0.266 e. The van der Waals surface area contributed by atoms with E-state index in [0.717, 1.165) is 59.2 Å². The molecule has 2 aromatic heterocycles. The second-order valence-corrected chi connectivity index (χ2v) is 9.04. The number of methoxy groups -OCH3 is 1. The average molecular weight is 478 g/mol. The first kappa shape index (κ1) is 22.1. The summed E-state index contributed by atoms with van der Waals surface area (Å²) in [5.41, 5.74) is 2.12. The summed E-state index contributed by atoms with van der Waals surface area (Å²) in [5, 5.41) is 3.56. The Morgan fingerprint density at radius 3 is 2.44 bits per heavy atom. The summed E-state index contributed by atoms with van der Waals surface area (Å²) in [4.78, 5) is 27.8. The van der Waals surface area contributed by atoms with Crippen LogP contribution in [0.25, 0.3) is 10.2 Å². The van der Waals surface area contributed by atoms with Gasteiger partial charge in [-0.3, -0.25) is 4.79 Å². The molecule has 0 saturated carbocycles. The second-order valence-electron chi connectivity index (χ2n) is 8.04. The highest BCUT2D eigenvalue weighted by Crippen LogP contribution is 2.36. The lowest BCUT2D eigenvalue weighted by Crippen LogP contribution is -2.46. The molecule has 1 aliphatic heterocycles. The molecule has 0 atom stereocenters. The third kappa shape index (κ3) is 4.14. The van der Waals surface area contributed by atoms with Crippen molar-refractivity contribution in [3.8, 4) is 5.75 Å². The van der Waals surface area contributed by atoms with E-state index >= 15 is 0 Å². The molecule has 0 bridgehead atoms. The maximum Gasteiger partial charge on any atom is 0.266 e. The molecule has 2 aromatic carbocycles. The fourth-order valence-electron chi connectivity index (χ4n) is 4.22. The van der Waals surface area contributed by atoms with Crippen LogP contribution >= 0.6 is 11.3 Å². The minimum absolute atomic E-state index is 0.158. The number of fused-ring (bicyclic) bond motifs is 1. The standard InChI is InChI=1S/C25H24FN5O2S/c1-16-21-23(31-13-11-30(12-14-31)17-7-9-18(33-2)10-8-17)27-15-28-25(21)34-22(16)24(32)29-20-6-4-3-5-19(20)26/h3-10,15H,11-14H2,1-2H3,(H,29,32). The van der Waals surface area contributed by atoms with Gasteiger partial charge in [0.1, 0.15) is 28.5 Å². The molecule has 0 radical (unpaired) electrons. The molecule has 174 valence electrons. The fraction of sp³-hybridized carbons (Fsp3) is 0.240. The summed E-state index contributed by atoms with van der Waals surface area (Å²) in [5.74, 6) is 0.859. The van der Waals surface area contributed by atoms with Crippen molar-refractivity contribution in [1.29, 1.82) is 0 Å². The number of carbonyl (C=O) groups is 1. The zero-order valence-electron chi connectivity index (χ0n) is 18.9. The largest absolute Gasteiger partial charge is 0.497 e.